The van der Waals surface area contributed by atoms with Crippen molar-refractivity contribution < 1.29 is 41.4 Å². The van der Waals surface area contributed by atoms with Gasteiger partial charge in [0.1, 0.15) is 17.7 Å². The van der Waals surface area contributed by atoms with Crippen LogP contribution < -0.4 is 5.32 Å². The molecule has 5 nitrogen and oxygen atoms in total. The molecule has 2 rings (SSSR count). The van der Waals surface area contributed by atoms with Crippen LogP contribution in [0.2, 0.25) is 0 Å². The standard InChI is InChI=1S/C14H12F5NO4/c15-6-2-1-3-7(16)10(6)11(14(17,18)19)20-12(21)8-4-5-9(24-8)13(22)23/h1-3,8-9,11H,4-5H2,(H,20,21)(H,22,23)/t8-,9+,11?/m0/s1. The third-order valence-electron chi connectivity index (χ3n) is 3.49. The molecule has 1 aromatic carbocycles. The molecule has 1 aromatic rings. The minimum absolute atomic E-state index is 0.0574. The molecule has 0 aromatic heterocycles. The van der Waals surface area contributed by atoms with Crippen LogP contribution in [0.5, 0.6) is 0 Å². The van der Waals surface area contributed by atoms with E-state index in [9.17, 15) is 31.5 Å². The maximum absolute atomic E-state index is 13.6. The third-order valence-corrected chi connectivity index (χ3v) is 3.49. The van der Waals surface area contributed by atoms with Gasteiger partial charge in [0.2, 0.25) is 5.91 Å². The van der Waals surface area contributed by atoms with Crippen LogP contribution in [0, 0.1) is 11.6 Å². The minimum Gasteiger partial charge on any atom is -0.479 e. The van der Waals surface area contributed by atoms with Crippen LogP contribution in [0.4, 0.5) is 22.0 Å². The number of ether oxygens (including phenoxy) is 1. The predicted molar refractivity (Wildman–Crippen MR) is 68.8 cm³/mol. The minimum atomic E-state index is -5.16. The molecule has 0 spiro atoms. The van der Waals surface area contributed by atoms with E-state index in [0.717, 1.165) is 6.07 Å². The second-order valence-corrected chi connectivity index (χ2v) is 5.15. The maximum Gasteiger partial charge on any atom is 0.413 e. The largest absolute Gasteiger partial charge is 0.479 e. The Labute approximate surface area is 132 Å². The Bertz CT molecular complexity index is 628. The number of amides is 1. The van der Waals surface area contributed by atoms with Crippen LogP contribution in [0.15, 0.2) is 18.2 Å². The summed E-state index contributed by atoms with van der Waals surface area (Å²) in [7, 11) is 0. The van der Waals surface area contributed by atoms with E-state index in [1.165, 1.54) is 5.32 Å². The molecule has 10 heteroatoms. The first-order chi connectivity index (χ1) is 11.1. The molecule has 1 heterocycles. The number of halogens is 5. The molecule has 2 N–H and O–H groups in total. The number of carbonyl (C=O) groups is 2. The van der Waals surface area contributed by atoms with Gasteiger partial charge in [-0.15, -0.1) is 0 Å². The van der Waals surface area contributed by atoms with E-state index < -0.39 is 53.5 Å². The number of carboxylic acid groups (broad SMARTS) is 1. The molecule has 24 heavy (non-hydrogen) atoms. The molecule has 1 aliphatic heterocycles. The van der Waals surface area contributed by atoms with Gasteiger partial charge >= 0.3 is 12.1 Å². The van der Waals surface area contributed by atoms with Crippen molar-refractivity contribution in [3.05, 3.63) is 35.4 Å². The number of carboxylic acids is 1. The summed E-state index contributed by atoms with van der Waals surface area (Å²) in [6.45, 7) is 0. The Morgan fingerprint density at radius 3 is 2.17 bits per heavy atom. The van der Waals surface area contributed by atoms with E-state index in [1.807, 2.05) is 0 Å². The van der Waals surface area contributed by atoms with Gasteiger partial charge < -0.3 is 15.2 Å². The summed E-state index contributed by atoms with van der Waals surface area (Å²) in [5.74, 6) is -5.57. The van der Waals surface area contributed by atoms with Gasteiger partial charge in [0.25, 0.3) is 0 Å². The number of rotatable bonds is 4. The van der Waals surface area contributed by atoms with Crippen molar-refractivity contribution in [3.8, 4) is 0 Å². The Balaban J connectivity index is 2.22. The second kappa shape index (κ2) is 6.71. The van der Waals surface area contributed by atoms with Crippen molar-refractivity contribution in [3.63, 3.8) is 0 Å². The second-order valence-electron chi connectivity index (χ2n) is 5.15. The average molecular weight is 353 g/mol. The highest BCUT2D eigenvalue weighted by molar-refractivity contribution is 5.83. The zero-order valence-electron chi connectivity index (χ0n) is 11.9. The summed E-state index contributed by atoms with van der Waals surface area (Å²) < 4.78 is 71.5. The molecule has 132 valence electrons. The number of hydrogen-bond acceptors (Lipinski definition) is 3. The first-order valence-electron chi connectivity index (χ1n) is 6.80. The van der Waals surface area contributed by atoms with Crippen LogP contribution in [-0.4, -0.2) is 35.4 Å². The molecular weight excluding hydrogens is 341 g/mol. The van der Waals surface area contributed by atoms with Crippen LogP contribution >= 0.6 is 0 Å². The van der Waals surface area contributed by atoms with E-state index in [-0.39, 0.29) is 12.8 Å². The highest BCUT2D eigenvalue weighted by Crippen LogP contribution is 2.36. The third kappa shape index (κ3) is 3.81. The molecule has 1 unspecified atom stereocenters. The monoisotopic (exact) mass is 353 g/mol. The zero-order valence-corrected chi connectivity index (χ0v) is 11.9. The normalized spacial score (nSPS) is 22.2. The van der Waals surface area contributed by atoms with Gasteiger partial charge in [-0.05, 0) is 25.0 Å². The van der Waals surface area contributed by atoms with Gasteiger partial charge in [0.05, 0.1) is 5.56 Å². The van der Waals surface area contributed by atoms with Crippen molar-refractivity contribution in [1.82, 2.24) is 5.32 Å². The summed E-state index contributed by atoms with van der Waals surface area (Å²) in [6, 6.07) is -0.759. The fourth-order valence-electron chi connectivity index (χ4n) is 2.35. The van der Waals surface area contributed by atoms with E-state index >= 15 is 0 Å². The molecule has 0 bridgehead atoms. The number of nitrogens with one attached hydrogen (secondary N) is 1. The summed E-state index contributed by atoms with van der Waals surface area (Å²) >= 11 is 0. The average Bonchev–Trinajstić information content (AvgIpc) is 2.94. The first-order valence-corrected chi connectivity index (χ1v) is 6.80. The van der Waals surface area contributed by atoms with Gasteiger partial charge in [0, 0.05) is 0 Å². The van der Waals surface area contributed by atoms with Crippen molar-refractivity contribution in [2.75, 3.05) is 0 Å². The van der Waals surface area contributed by atoms with Gasteiger partial charge in [0.15, 0.2) is 12.1 Å². The molecule has 1 saturated heterocycles. The number of alkyl halides is 3. The van der Waals surface area contributed by atoms with Gasteiger partial charge in [-0.2, -0.15) is 13.2 Å². The Kier molecular flexibility index (Phi) is 5.07. The SMILES string of the molecule is O=C(NC(c1c(F)cccc1F)C(F)(F)F)[C@@H]1CC[C@H](C(=O)O)O1. The number of carbonyl (C=O) groups excluding carboxylic acids is 1. The van der Waals surface area contributed by atoms with Crippen LogP contribution in [0.3, 0.4) is 0 Å². The van der Waals surface area contributed by atoms with Crippen molar-refractivity contribution in [2.45, 2.75) is 37.3 Å². The molecule has 1 amide bonds. The summed E-state index contributed by atoms with van der Waals surface area (Å²) in [6.07, 6.45) is -8.09. The van der Waals surface area contributed by atoms with E-state index in [2.05, 4.69) is 0 Å². The van der Waals surface area contributed by atoms with E-state index in [4.69, 9.17) is 9.84 Å². The maximum atomic E-state index is 13.6. The highest BCUT2D eigenvalue weighted by atomic mass is 19.4. The van der Waals surface area contributed by atoms with Crippen LogP contribution in [-0.2, 0) is 14.3 Å². The van der Waals surface area contributed by atoms with Crippen molar-refractivity contribution >= 4 is 11.9 Å². The van der Waals surface area contributed by atoms with Crippen LogP contribution in [0.25, 0.3) is 0 Å². The van der Waals surface area contributed by atoms with Crippen molar-refractivity contribution in [1.29, 1.82) is 0 Å². The molecule has 0 radical (unpaired) electrons. The molecular formula is C14H12F5NO4. The molecule has 1 fully saturated rings. The molecule has 0 aliphatic carbocycles. The number of hydrogen-bond donors (Lipinski definition) is 2. The Morgan fingerprint density at radius 2 is 1.71 bits per heavy atom. The molecule has 1 aliphatic rings. The number of aliphatic carboxylic acids is 1. The van der Waals surface area contributed by atoms with E-state index in [1.54, 1.807) is 0 Å². The predicted octanol–water partition coefficient (Wildman–Crippen LogP) is 2.32. The lowest BCUT2D eigenvalue weighted by Crippen LogP contribution is -2.44. The Morgan fingerprint density at radius 1 is 1.17 bits per heavy atom. The van der Waals surface area contributed by atoms with Gasteiger partial charge in [-0.1, -0.05) is 6.07 Å². The summed E-state index contributed by atoms with van der Waals surface area (Å²) in [5, 5.41) is 10.2. The lowest BCUT2D eigenvalue weighted by molar-refractivity contribution is -0.169. The zero-order chi connectivity index (χ0) is 18.1. The van der Waals surface area contributed by atoms with Crippen molar-refractivity contribution in [2.24, 2.45) is 0 Å². The molecule has 0 saturated carbocycles. The lowest BCUT2D eigenvalue weighted by Gasteiger charge is -2.24. The lowest BCUT2D eigenvalue weighted by atomic mass is 10.0. The topological polar surface area (TPSA) is 75.6 Å². The summed E-state index contributed by atoms with van der Waals surface area (Å²) in [4.78, 5) is 22.6. The Hall–Kier alpha value is -2.23. The molecule has 3 atom stereocenters. The highest BCUT2D eigenvalue weighted by Gasteiger charge is 2.46. The first kappa shape index (κ1) is 18.1. The van der Waals surface area contributed by atoms with Crippen LogP contribution in [0.1, 0.15) is 24.4 Å². The quantitative estimate of drug-likeness (QED) is 0.815. The fourth-order valence-corrected chi connectivity index (χ4v) is 2.35. The van der Waals surface area contributed by atoms with Gasteiger partial charge in [-0.3, -0.25) is 4.79 Å². The van der Waals surface area contributed by atoms with Gasteiger partial charge in [-0.25, -0.2) is 13.6 Å². The number of benzene rings is 1. The van der Waals surface area contributed by atoms with E-state index in [0.29, 0.717) is 12.1 Å². The fraction of sp³-hybridized carbons (Fsp3) is 0.429. The smallest absolute Gasteiger partial charge is 0.413 e. The summed E-state index contributed by atoms with van der Waals surface area (Å²) in [5.41, 5.74) is -1.34.